The Balaban J connectivity index is 2.22. The van der Waals surface area contributed by atoms with E-state index < -0.39 is 5.82 Å². The first-order valence-electron chi connectivity index (χ1n) is 4.75. The van der Waals surface area contributed by atoms with Gasteiger partial charge in [0.15, 0.2) is 0 Å². The highest BCUT2D eigenvalue weighted by atomic mass is 35.5. The highest BCUT2D eigenvalue weighted by Gasteiger charge is 2.04. The van der Waals surface area contributed by atoms with E-state index in [2.05, 4.69) is 10.4 Å². The number of aromatic nitrogens is 1. The molecular formula is C11H9ClFN3O. The number of ether oxygens (including phenoxy) is 1. The summed E-state index contributed by atoms with van der Waals surface area (Å²) in [4.78, 5) is 4.02. The second-order valence-corrected chi connectivity index (χ2v) is 3.59. The van der Waals surface area contributed by atoms with Gasteiger partial charge in [0.1, 0.15) is 17.4 Å². The lowest BCUT2D eigenvalue weighted by Gasteiger charge is -2.06. The van der Waals surface area contributed by atoms with Gasteiger partial charge in [-0.05, 0) is 18.2 Å². The van der Waals surface area contributed by atoms with Crippen LogP contribution < -0.4 is 16.0 Å². The van der Waals surface area contributed by atoms with Gasteiger partial charge in [0, 0.05) is 12.1 Å². The van der Waals surface area contributed by atoms with Crippen LogP contribution in [0.1, 0.15) is 0 Å². The number of halogens is 2. The number of rotatable bonds is 3. The first kappa shape index (κ1) is 11.6. The minimum Gasteiger partial charge on any atom is -0.439 e. The number of pyridine rings is 1. The van der Waals surface area contributed by atoms with Crippen molar-refractivity contribution in [2.45, 2.75) is 0 Å². The number of nitrogens with zero attached hydrogens (tertiary/aromatic N) is 1. The van der Waals surface area contributed by atoms with Crippen molar-refractivity contribution in [1.29, 1.82) is 0 Å². The van der Waals surface area contributed by atoms with Crippen LogP contribution in [0.2, 0.25) is 5.02 Å². The standard InChI is InChI=1S/C11H9ClFN3O/c12-8-5-4-7(6-9(8)13)17-11-3-1-2-10(15-11)16-14/h1-6H,14H2,(H,15,16). The first-order valence-corrected chi connectivity index (χ1v) is 5.13. The summed E-state index contributed by atoms with van der Waals surface area (Å²) >= 11 is 5.56. The number of nitrogens with one attached hydrogen (secondary N) is 1. The van der Waals surface area contributed by atoms with Crippen molar-refractivity contribution in [2.75, 3.05) is 5.43 Å². The molecule has 0 atom stereocenters. The summed E-state index contributed by atoms with van der Waals surface area (Å²) < 4.78 is 18.5. The second kappa shape index (κ2) is 4.99. The Bertz CT molecular complexity index is 536. The van der Waals surface area contributed by atoms with E-state index in [0.29, 0.717) is 17.4 Å². The van der Waals surface area contributed by atoms with Crippen LogP contribution in [-0.2, 0) is 0 Å². The molecule has 1 aromatic carbocycles. The van der Waals surface area contributed by atoms with Crippen molar-refractivity contribution < 1.29 is 9.13 Å². The molecule has 0 radical (unpaired) electrons. The summed E-state index contributed by atoms with van der Waals surface area (Å²) in [5.41, 5.74) is 2.39. The minimum atomic E-state index is -0.544. The van der Waals surface area contributed by atoms with Crippen LogP contribution in [-0.4, -0.2) is 4.98 Å². The summed E-state index contributed by atoms with van der Waals surface area (Å²) in [7, 11) is 0. The molecule has 1 aromatic heterocycles. The molecule has 0 aliphatic rings. The van der Waals surface area contributed by atoms with Crippen LogP contribution in [0.25, 0.3) is 0 Å². The molecule has 4 nitrogen and oxygen atoms in total. The molecule has 17 heavy (non-hydrogen) atoms. The molecule has 1 heterocycles. The van der Waals surface area contributed by atoms with Gasteiger partial charge < -0.3 is 10.2 Å². The average Bonchev–Trinajstić information content (AvgIpc) is 2.34. The van der Waals surface area contributed by atoms with Crippen LogP contribution in [0, 0.1) is 5.82 Å². The lowest BCUT2D eigenvalue weighted by Crippen LogP contribution is -2.08. The fourth-order valence-electron chi connectivity index (χ4n) is 1.21. The molecule has 6 heteroatoms. The number of hydrogen-bond acceptors (Lipinski definition) is 4. The number of nitrogen functional groups attached to an aromatic ring is 1. The number of hydrazine groups is 1. The molecular weight excluding hydrogens is 245 g/mol. The topological polar surface area (TPSA) is 60.2 Å². The van der Waals surface area contributed by atoms with E-state index in [9.17, 15) is 4.39 Å². The molecule has 0 saturated heterocycles. The van der Waals surface area contributed by atoms with Gasteiger partial charge in [-0.3, -0.25) is 0 Å². The molecule has 2 rings (SSSR count). The molecule has 0 aliphatic carbocycles. The summed E-state index contributed by atoms with van der Waals surface area (Å²) in [6, 6.07) is 9.17. The van der Waals surface area contributed by atoms with E-state index in [1.165, 1.54) is 12.1 Å². The fraction of sp³-hybridized carbons (Fsp3) is 0. The number of anilines is 1. The third-order valence-corrected chi connectivity index (χ3v) is 2.29. The third-order valence-electron chi connectivity index (χ3n) is 1.98. The summed E-state index contributed by atoms with van der Waals surface area (Å²) in [6.45, 7) is 0. The third kappa shape index (κ3) is 2.83. The van der Waals surface area contributed by atoms with Gasteiger partial charge in [-0.15, -0.1) is 0 Å². The number of hydrogen-bond donors (Lipinski definition) is 2. The lowest BCUT2D eigenvalue weighted by atomic mass is 10.3. The van der Waals surface area contributed by atoms with Gasteiger partial charge in [0.2, 0.25) is 5.88 Å². The van der Waals surface area contributed by atoms with Gasteiger partial charge in [0.25, 0.3) is 0 Å². The molecule has 88 valence electrons. The molecule has 0 bridgehead atoms. The summed E-state index contributed by atoms with van der Waals surface area (Å²) in [5.74, 6) is 5.74. The van der Waals surface area contributed by atoms with Gasteiger partial charge in [-0.25, -0.2) is 10.2 Å². The molecule has 2 aromatic rings. The Labute approximate surface area is 102 Å². The highest BCUT2D eigenvalue weighted by Crippen LogP contribution is 2.24. The number of benzene rings is 1. The molecule has 0 aliphatic heterocycles. The highest BCUT2D eigenvalue weighted by molar-refractivity contribution is 6.30. The van der Waals surface area contributed by atoms with Crippen LogP contribution in [0.5, 0.6) is 11.6 Å². The molecule has 0 fully saturated rings. The molecule has 0 saturated carbocycles. The van der Waals surface area contributed by atoms with Crippen LogP contribution in [0.15, 0.2) is 36.4 Å². The monoisotopic (exact) mass is 253 g/mol. The average molecular weight is 254 g/mol. The van der Waals surface area contributed by atoms with Gasteiger partial charge in [0.05, 0.1) is 5.02 Å². The van der Waals surface area contributed by atoms with Crippen molar-refractivity contribution in [2.24, 2.45) is 5.84 Å². The van der Waals surface area contributed by atoms with Crippen molar-refractivity contribution in [3.05, 3.63) is 47.2 Å². The quantitative estimate of drug-likeness (QED) is 0.652. The summed E-state index contributed by atoms with van der Waals surface area (Å²) in [6.07, 6.45) is 0. The normalized spacial score (nSPS) is 10.1. The Morgan fingerprint density at radius 2 is 2.12 bits per heavy atom. The van der Waals surface area contributed by atoms with E-state index >= 15 is 0 Å². The molecule has 0 spiro atoms. The molecule has 0 amide bonds. The Kier molecular flexibility index (Phi) is 3.41. The lowest BCUT2D eigenvalue weighted by molar-refractivity contribution is 0.459. The SMILES string of the molecule is NNc1cccc(Oc2ccc(Cl)c(F)c2)n1. The fourth-order valence-corrected chi connectivity index (χ4v) is 1.33. The van der Waals surface area contributed by atoms with Crippen molar-refractivity contribution in [1.82, 2.24) is 4.98 Å². The Hall–Kier alpha value is -1.85. The van der Waals surface area contributed by atoms with Crippen LogP contribution in [0.4, 0.5) is 10.2 Å². The Morgan fingerprint density at radius 3 is 2.82 bits per heavy atom. The van der Waals surface area contributed by atoms with Crippen LogP contribution in [0.3, 0.4) is 0 Å². The predicted molar refractivity (Wildman–Crippen MR) is 63.5 cm³/mol. The smallest absolute Gasteiger partial charge is 0.221 e. The predicted octanol–water partition coefficient (Wildman–Crippen LogP) is 2.95. The van der Waals surface area contributed by atoms with E-state index in [-0.39, 0.29) is 5.02 Å². The zero-order valence-corrected chi connectivity index (χ0v) is 9.41. The van der Waals surface area contributed by atoms with Gasteiger partial charge in [-0.2, -0.15) is 4.98 Å². The van der Waals surface area contributed by atoms with E-state index in [0.717, 1.165) is 0 Å². The van der Waals surface area contributed by atoms with Crippen LogP contribution >= 0.6 is 11.6 Å². The molecule has 0 unspecified atom stereocenters. The first-order chi connectivity index (χ1) is 8.19. The molecule has 3 N–H and O–H groups in total. The van der Waals surface area contributed by atoms with Crippen molar-refractivity contribution >= 4 is 17.4 Å². The van der Waals surface area contributed by atoms with Crippen molar-refractivity contribution in [3.63, 3.8) is 0 Å². The zero-order valence-electron chi connectivity index (χ0n) is 8.65. The maximum Gasteiger partial charge on any atom is 0.221 e. The van der Waals surface area contributed by atoms with Crippen molar-refractivity contribution in [3.8, 4) is 11.6 Å². The van der Waals surface area contributed by atoms with E-state index in [1.807, 2.05) is 0 Å². The van der Waals surface area contributed by atoms with E-state index in [1.54, 1.807) is 24.3 Å². The largest absolute Gasteiger partial charge is 0.439 e. The second-order valence-electron chi connectivity index (χ2n) is 3.18. The maximum absolute atomic E-state index is 13.2. The number of nitrogens with two attached hydrogens (primary N) is 1. The maximum atomic E-state index is 13.2. The van der Waals surface area contributed by atoms with E-state index in [4.69, 9.17) is 22.2 Å². The minimum absolute atomic E-state index is 0.0442. The van der Waals surface area contributed by atoms with Gasteiger partial charge >= 0.3 is 0 Å². The zero-order chi connectivity index (χ0) is 12.3. The van der Waals surface area contributed by atoms with Gasteiger partial charge in [-0.1, -0.05) is 17.7 Å². The summed E-state index contributed by atoms with van der Waals surface area (Å²) in [5, 5.41) is 0.0442. The Morgan fingerprint density at radius 1 is 1.29 bits per heavy atom.